The molecule has 2 heterocycles. The van der Waals surface area contributed by atoms with Crippen molar-refractivity contribution in [3.8, 4) is 11.1 Å². The summed E-state index contributed by atoms with van der Waals surface area (Å²) in [4.78, 5) is 0.532. The molecule has 2 aromatic carbocycles. The Labute approximate surface area is 192 Å². The highest BCUT2D eigenvalue weighted by molar-refractivity contribution is 7.98. The fourth-order valence-corrected chi connectivity index (χ4v) is 6.94. The Morgan fingerprint density at radius 1 is 1.06 bits per heavy atom. The van der Waals surface area contributed by atoms with Crippen LogP contribution in [0.2, 0.25) is 0 Å². The van der Waals surface area contributed by atoms with Gasteiger partial charge < -0.3 is 16.4 Å². The summed E-state index contributed by atoms with van der Waals surface area (Å²) in [6.45, 7) is 2.89. The second-order valence-corrected chi connectivity index (χ2v) is 10.9. The van der Waals surface area contributed by atoms with E-state index in [1.54, 1.807) is 12.1 Å². The molecule has 9 N–H and O–H groups in total. The summed E-state index contributed by atoms with van der Waals surface area (Å²) in [5.41, 5.74) is 11.8. The van der Waals surface area contributed by atoms with E-state index in [4.69, 9.17) is 16.7 Å². The molecule has 32 heavy (non-hydrogen) atoms. The van der Waals surface area contributed by atoms with E-state index in [9.17, 15) is 8.42 Å². The molecular weight excluding hydrogens is 446 g/mol. The zero-order valence-electron chi connectivity index (χ0n) is 17.7. The van der Waals surface area contributed by atoms with Crippen molar-refractivity contribution in [2.75, 3.05) is 26.2 Å². The zero-order valence-corrected chi connectivity index (χ0v) is 19.3. The number of sulfone groups is 1. The lowest BCUT2D eigenvalue weighted by Gasteiger charge is -2.28. The van der Waals surface area contributed by atoms with Gasteiger partial charge in [0, 0.05) is 18.7 Å². The van der Waals surface area contributed by atoms with Gasteiger partial charge in [-0.3, -0.25) is 5.14 Å². The Morgan fingerprint density at radius 2 is 1.75 bits per heavy atom. The van der Waals surface area contributed by atoms with Gasteiger partial charge in [-0.05, 0) is 66.6 Å². The molecule has 0 amide bonds. The predicted molar refractivity (Wildman–Crippen MR) is 129 cm³/mol. The van der Waals surface area contributed by atoms with E-state index in [1.165, 1.54) is 5.56 Å². The van der Waals surface area contributed by atoms with E-state index >= 15 is 0 Å². The molecule has 0 bridgehead atoms. The Balaban J connectivity index is 1.80. The molecule has 11 heteroatoms. The molecule has 2 aliphatic rings. The van der Waals surface area contributed by atoms with Gasteiger partial charge in [0.1, 0.15) is 0 Å². The number of benzene rings is 2. The van der Waals surface area contributed by atoms with E-state index in [0.717, 1.165) is 49.0 Å². The number of hydrogen-bond acceptors (Lipinski definition) is 9. The van der Waals surface area contributed by atoms with Gasteiger partial charge in [-0.2, -0.15) is 0 Å². The lowest BCUT2D eigenvalue weighted by Crippen LogP contribution is -2.51. The Hall–Kier alpha value is -2.15. The summed E-state index contributed by atoms with van der Waals surface area (Å²) in [6.07, 6.45) is 2.23. The predicted octanol–water partition coefficient (Wildman–Crippen LogP) is 0.616. The SMILES string of the molecule is NN/N=C(\N)c1c(-c2ccc(C3CCNCC3)cc2)ccc(S(=O)(=O)C2CNC2)c1SN. The van der Waals surface area contributed by atoms with Gasteiger partial charge >= 0.3 is 0 Å². The standard InChI is InChI=1S/C21H29N7O2S2/c22-21(27-28-23)19-17(15-3-1-13(2-4-15)14-7-9-25-10-8-14)5-6-18(20(19)31-24)32(29,30)16-11-26-12-16/h1-6,14,16,25-26,28H,7-12,23-24H2,(H2,22,27). The van der Waals surface area contributed by atoms with Crippen LogP contribution in [-0.2, 0) is 9.84 Å². The molecule has 0 radical (unpaired) electrons. The van der Waals surface area contributed by atoms with Crippen LogP contribution in [0.25, 0.3) is 11.1 Å². The Kier molecular flexibility index (Phi) is 7.03. The van der Waals surface area contributed by atoms with Gasteiger partial charge in [-0.15, -0.1) is 5.10 Å². The van der Waals surface area contributed by atoms with Crippen molar-refractivity contribution >= 4 is 27.6 Å². The number of nitrogens with zero attached hydrogens (tertiary/aromatic N) is 1. The Bertz CT molecular complexity index is 1090. The molecule has 2 aliphatic heterocycles. The first kappa shape index (κ1) is 23.0. The maximum Gasteiger partial charge on any atom is 0.184 e. The summed E-state index contributed by atoms with van der Waals surface area (Å²) in [6, 6.07) is 11.7. The quantitative estimate of drug-likeness (QED) is 0.111. The van der Waals surface area contributed by atoms with Crippen molar-refractivity contribution in [3.05, 3.63) is 47.5 Å². The number of piperidine rings is 1. The fourth-order valence-electron chi connectivity index (χ4n) is 4.28. The molecule has 0 spiro atoms. The minimum atomic E-state index is -3.57. The number of hydrazine groups is 1. The molecule has 4 rings (SSSR count). The number of nitrogens with one attached hydrogen (secondary N) is 3. The summed E-state index contributed by atoms with van der Waals surface area (Å²) < 4.78 is 26.3. The first-order valence-corrected chi connectivity index (χ1v) is 13.0. The van der Waals surface area contributed by atoms with Crippen LogP contribution in [0.3, 0.4) is 0 Å². The monoisotopic (exact) mass is 475 g/mol. The molecule has 2 saturated heterocycles. The maximum atomic E-state index is 13.2. The zero-order chi connectivity index (χ0) is 22.7. The topological polar surface area (TPSA) is 161 Å². The summed E-state index contributed by atoms with van der Waals surface area (Å²) in [7, 11) is -3.57. The molecule has 2 fully saturated rings. The van der Waals surface area contributed by atoms with Gasteiger partial charge in [0.15, 0.2) is 15.7 Å². The van der Waals surface area contributed by atoms with Crippen molar-refractivity contribution in [3.63, 3.8) is 0 Å². The van der Waals surface area contributed by atoms with E-state index in [2.05, 4.69) is 33.4 Å². The summed E-state index contributed by atoms with van der Waals surface area (Å²) in [5.74, 6) is 5.97. The van der Waals surface area contributed by atoms with Crippen molar-refractivity contribution in [2.45, 2.75) is 33.8 Å². The van der Waals surface area contributed by atoms with Crippen LogP contribution in [-0.4, -0.2) is 45.7 Å². The molecule has 0 unspecified atom stereocenters. The molecule has 172 valence electrons. The third-order valence-electron chi connectivity index (χ3n) is 6.20. The minimum absolute atomic E-state index is 0.0710. The molecule has 0 aliphatic carbocycles. The lowest BCUT2D eigenvalue weighted by molar-refractivity contribution is 0.460. The number of nitrogens with two attached hydrogens (primary N) is 3. The van der Waals surface area contributed by atoms with Crippen LogP contribution in [0, 0.1) is 0 Å². The van der Waals surface area contributed by atoms with E-state index in [0.29, 0.717) is 29.5 Å². The smallest absolute Gasteiger partial charge is 0.184 e. The number of hydrogen-bond donors (Lipinski definition) is 6. The molecular formula is C21H29N7O2S2. The molecule has 0 saturated carbocycles. The highest BCUT2D eigenvalue weighted by Crippen LogP contribution is 2.37. The molecule has 9 nitrogen and oxygen atoms in total. The van der Waals surface area contributed by atoms with Gasteiger partial charge in [-0.1, -0.05) is 30.3 Å². The second kappa shape index (κ2) is 9.77. The number of hydrazone groups is 1. The van der Waals surface area contributed by atoms with Crippen molar-refractivity contribution in [2.24, 2.45) is 21.8 Å². The van der Waals surface area contributed by atoms with Crippen molar-refractivity contribution in [1.82, 2.24) is 16.2 Å². The van der Waals surface area contributed by atoms with E-state index in [-0.39, 0.29) is 10.7 Å². The summed E-state index contributed by atoms with van der Waals surface area (Å²) >= 11 is 0.854. The van der Waals surface area contributed by atoms with Crippen LogP contribution in [0.15, 0.2) is 51.3 Å². The van der Waals surface area contributed by atoms with Crippen LogP contribution >= 0.6 is 11.9 Å². The van der Waals surface area contributed by atoms with Gasteiger partial charge in [-0.25, -0.2) is 19.8 Å². The first-order chi connectivity index (χ1) is 15.5. The average molecular weight is 476 g/mol. The largest absolute Gasteiger partial charge is 0.382 e. The van der Waals surface area contributed by atoms with Crippen LogP contribution in [0.4, 0.5) is 0 Å². The molecule has 2 aromatic rings. The van der Waals surface area contributed by atoms with Gasteiger partial charge in [0.2, 0.25) is 0 Å². The maximum absolute atomic E-state index is 13.2. The first-order valence-electron chi connectivity index (χ1n) is 10.6. The number of amidine groups is 1. The van der Waals surface area contributed by atoms with Crippen LogP contribution in [0.5, 0.6) is 0 Å². The van der Waals surface area contributed by atoms with Crippen LogP contribution < -0.4 is 32.9 Å². The molecule has 0 atom stereocenters. The highest BCUT2D eigenvalue weighted by atomic mass is 32.2. The lowest BCUT2D eigenvalue weighted by atomic mass is 9.88. The normalized spacial score (nSPS) is 18.4. The minimum Gasteiger partial charge on any atom is -0.382 e. The van der Waals surface area contributed by atoms with E-state index < -0.39 is 15.1 Å². The third kappa shape index (κ3) is 4.36. The van der Waals surface area contributed by atoms with Crippen LogP contribution in [0.1, 0.15) is 29.9 Å². The van der Waals surface area contributed by atoms with Crippen molar-refractivity contribution < 1.29 is 8.42 Å². The van der Waals surface area contributed by atoms with Gasteiger partial charge in [0.05, 0.1) is 15.0 Å². The van der Waals surface area contributed by atoms with Gasteiger partial charge in [0.25, 0.3) is 0 Å². The molecule has 0 aromatic heterocycles. The highest BCUT2D eigenvalue weighted by Gasteiger charge is 2.35. The average Bonchev–Trinajstić information content (AvgIpc) is 2.77. The summed E-state index contributed by atoms with van der Waals surface area (Å²) in [5, 5.41) is 15.8. The number of rotatable bonds is 7. The Morgan fingerprint density at radius 3 is 2.31 bits per heavy atom. The van der Waals surface area contributed by atoms with E-state index in [1.807, 2.05) is 12.1 Å². The fraction of sp³-hybridized carbons (Fsp3) is 0.381. The second-order valence-electron chi connectivity index (χ2n) is 8.03. The van der Waals surface area contributed by atoms with Crippen molar-refractivity contribution in [1.29, 1.82) is 0 Å². The third-order valence-corrected chi connectivity index (χ3v) is 9.16.